The van der Waals surface area contributed by atoms with Gasteiger partial charge in [0.2, 0.25) is 0 Å². The van der Waals surface area contributed by atoms with E-state index in [0.717, 1.165) is 11.1 Å². The third kappa shape index (κ3) is 3.13. The Morgan fingerprint density at radius 3 is 2.54 bits per heavy atom. The largest absolute Gasteiger partial charge is 0.493 e. The summed E-state index contributed by atoms with van der Waals surface area (Å²) in [5.74, 6) is 1.42. The molecule has 2 atom stereocenters. The average molecular weight is 329 g/mol. The summed E-state index contributed by atoms with van der Waals surface area (Å²) in [5, 5.41) is 3.19. The first-order chi connectivity index (χ1) is 11.6. The number of aliphatic imine (C=N–C) groups is 1. The number of guanidine groups is 1. The van der Waals surface area contributed by atoms with Crippen molar-refractivity contribution in [3.63, 3.8) is 0 Å². The van der Waals surface area contributed by atoms with Gasteiger partial charge in [0.15, 0.2) is 17.5 Å². The van der Waals surface area contributed by atoms with Crippen LogP contribution in [0.15, 0.2) is 47.5 Å². The van der Waals surface area contributed by atoms with Crippen LogP contribution >= 0.6 is 0 Å². The van der Waals surface area contributed by atoms with E-state index in [1.54, 1.807) is 26.4 Å². The van der Waals surface area contributed by atoms with Crippen LogP contribution in [0.4, 0.5) is 4.39 Å². The summed E-state index contributed by atoms with van der Waals surface area (Å²) < 4.78 is 24.0. The van der Waals surface area contributed by atoms with E-state index in [9.17, 15) is 4.39 Å². The van der Waals surface area contributed by atoms with Crippen LogP contribution in [0.25, 0.3) is 0 Å². The monoisotopic (exact) mass is 329 g/mol. The fraction of sp³-hybridized carbons (Fsp3) is 0.278. The van der Waals surface area contributed by atoms with Crippen molar-refractivity contribution >= 4 is 5.96 Å². The molecule has 1 aliphatic heterocycles. The molecule has 1 aliphatic rings. The fourth-order valence-electron chi connectivity index (χ4n) is 3.01. The average Bonchev–Trinajstić information content (AvgIpc) is 2.61. The van der Waals surface area contributed by atoms with Gasteiger partial charge in [-0.2, -0.15) is 0 Å². The van der Waals surface area contributed by atoms with Gasteiger partial charge in [-0.05, 0) is 30.2 Å². The van der Waals surface area contributed by atoms with Crippen molar-refractivity contribution in [2.45, 2.75) is 18.5 Å². The fourth-order valence-corrected chi connectivity index (χ4v) is 3.01. The number of methoxy groups -OCH3 is 2. The van der Waals surface area contributed by atoms with Crippen LogP contribution in [0.2, 0.25) is 0 Å². The van der Waals surface area contributed by atoms with E-state index >= 15 is 0 Å². The molecule has 0 fully saturated rings. The third-order valence-electron chi connectivity index (χ3n) is 4.14. The smallest absolute Gasteiger partial charge is 0.189 e. The zero-order chi connectivity index (χ0) is 17.1. The molecule has 5 nitrogen and oxygen atoms in total. The van der Waals surface area contributed by atoms with Gasteiger partial charge < -0.3 is 20.5 Å². The molecule has 3 rings (SSSR count). The van der Waals surface area contributed by atoms with E-state index in [4.69, 9.17) is 15.2 Å². The van der Waals surface area contributed by atoms with Gasteiger partial charge in [-0.25, -0.2) is 9.38 Å². The van der Waals surface area contributed by atoms with E-state index in [-0.39, 0.29) is 17.9 Å². The number of nitrogens with one attached hydrogen (secondary N) is 1. The Morgan fingerprint density at radius 1 is 1.12 bits per heavy atom. The molecule has 2 aromatic carbocycles. The van der Waals surface area contributed by atoms with Gasteiger partial charge in [0.05, 0.1) is 26.3 Å². The zero-order valence-electron chi connectivity index (χ0n) is 13.6. The molecular weight excluding hydrogens is 309 g/mol. The maximum absolute atomic E-state index is 13.2. The van der Waals surface area contributed by atoms with E-state index in [2.05, 4.69) is 10.3 Å². The second-order valence-electron chi connectivity index (χ2n) is 5.60. The summed E-state index contributed by atoms with van der Waals surface area (Å²) in [6.45, 7) is 0. The molecule has 0 aromatic heterocycles. The molecular formula is C18H20FN3O2. The number of ether oxygens (including phenoxy) is 2. The lowest BCUT2D eigenvalue weighted by Gasteiger charge is -2.30. The highest BCUT2D eigenvalue weighted by Crippen LogP contribution is 2.39. The maximum Gasteiger partial charge on any atom is 0.189 e. The summed E-state index contributed by atoms with van der Waals surface area (Å²) in [6.07, 6.45) is 0.676. The summed E-state index contributed by atoms with van der Waals surface area (Å²) in [4.78, 5) is 4.44. The molecule has 0 saturated carbocycles. The van der Waals surface area contributed by atoms with Gasteiger partial charge in [-0.3, -0.25) is 0 Å². The van der Waals surface area contributed by atoms with Crippen LogP contribution < -0.4 is 20.5 Å². The lowest BCUT2D eigenvalue weighted by atomic mass is 9.93. The lowest BCUT2D eigenvalue weighted by molar-refractivity contribution is 0.345. The van der Waals surface area contributed by atoms with Gasteiger partial charge in [0.1, 0.15) is 5.82 Å². The number of halogens is 1. The second kappa shape index (κ2) is 6.78. The molecule has 6 heteroatoms. The molecule has 24 heavy (non-hydrogen) atoms. The molecule has 0 radical (unpaired) electrons. The summed E-state index contributed by atoms with van der Waals surface area (Å²) in [5.41, 5.74) is 7.84. The summed E-state index contributed by atoms with van der Waals surface area (Å²) in [7, 11) is 3.21. The predicted octanol–water partition coefficient (Wildman–Crippen LogP) is 2.93. The zero-order valence-corrected chi connectivity index (χ0v) is 13.6. The molecule has 3 N–H and O–H groups in total. The van der Waals surface area contributed by atoms with Crippen molar-refractivity contribution in [2.75, 3.05) is 14.2 Å². The van der Waals surface area contributed by atoms with Crippen molar-refractivity contribution in [3.8, 4) is 11.5 Å². The molecule has 2 aromatic rings. The van der Waals surface area contributed by atoms with Crippen LogP contribution in [-0.4, -0.2) is 20.2 Å². The molecule has 126 valence electrons. The molecule has 0 bridgehead atoms. The minimum absolute atomic E-state index is 0.0809. The number of nitrogens with zero attached hydrogens (tertiary/aromatic N) is 1. The summed E-state index contributed by atoms with van der Waals surface area (Å²) >= 11 is 0. The number of rotatable bonds is 4. The van der Waals surface area contributed by atoms with Crippen LogP contribution in [0, 0.1) is 5.82 Å². The second-order valence-corrected chi connectivity index (χ2v) is 5.60. The van der Waals surface area contributed by atoms with E-state index < -0.39 is 0 Å². The Kier molecular flexibility index (Phi) is 4.55. The minimum atomic E-state index is -0.268. The Hall–Kier alpha value is -2.76. The van der Waals surface area contributed by atoms with Crippen molar-refractivity contribution in [2.24, 2.45) is 10.7 Å². The molecule has 1 heterocycles. The highest BCUT2D eigenvalue weighted by molar-refractivity contribution is 5.79. The normalized spacial score (nSPS) is 20.0. The molecule has 0 spiro atoms. The van der Waals surface area contributed by atoms with Crippen molar-refractivity contribution in [1.29, 1.82) is 0 Å². The molecule has 2 unspecified atom stereocenters. The number of para-hydroxylation sites is 1. The highest BCUT2D eigenvalue weighted by atomic mass is 19.1. The van der Waals surface area contributed by atoms with Crippen molar-refractivity contribution < 1.29 is 13.9 Å². The van der Waals surface area contributed by atoms with Gasteiger partial charge in [-0.15, -0.1) is 0 Å². The lowest BCUT2D eigenvalue weighted by Crippen LogP contribution is -2.39. The Bertz CT molecular complexity index is 746. The minimum Gasteiger partial charge on any atom is -0.493 e. The van der Waals surface area contributed by atoms with E-state index in [1.807, 2.05) is 18.2 Å². The van der Waals surface area contributed by atoms with E-state index in [1.165, 1.54) is 12.1 Å². The first-order valence-corrected chi connectivity index (χ1v) is 7.68. The molecule has 0 amide bonds. The predicted molar refractivity (Wildman–Crippen MR) is 90.8 cm³/mol. The number of benzene rings is 2. The van der Waals surface area contributed by atoms with Crippen molar-refractivity contribution in [1.82, 2.24) is 5.32 Å². The van der Waals surface area contributed by atoms with Gasteiger partial charge in [0.25, 0.3) is 0 Å². The van der Waals surface area contributed by atoms with Crippen molar-refractivity contribution in [3.05, 3.63) is 59.4 Å². The maximum atomic E-state index is 13.2. The standard InChI is InChI=1S/C18H20FN3O2/c1-23-16-5-3-4-13(17(16)24-2)15-10-14(21-18(20)22-15)11-6-8-12(19)9-7-11/h3-9,14-15H,10H2,1-2H3,(H3,20,21,22). The Labute approximate surface area is 140 Å². The van der Waals surface area contributed by atoms with Crippen LogP contribution in [0.3, 0.4) is 0 Å². The Morgan fingerprint density at radius 2 is 1.88 bits per heavy atom. The van der Waals surface area contributed by atoms with Crippen LogP contribution in [-0.2, 0) is 0 Å². The number of nitrogens with two attached hydrogens (primary N) is 1. The van der Waals surface area contributed by atoms with Crippen LogP contribution in [0.5, 0.6) is 11.5 Å². The van der Waals surface area contributed by atoms with Crippen LogP contribution in [0.1, 0.15) is 29.6 Å². The van der Waals surface area contributed by atoms with Gasteiger partial charge in [-0.1, -0.05) is 24.3 Å². The number of hydrogen-bond donors (Lipinski definition) is 2. The molecule has 0 aliphatic carbocycles. The highest BCUT2D eigenvalue weighted by Gasteiger charge is 2.27. The Balaban J connectivity index is 1.93. The SMILES string of the molecule is COc1cccc(C2CC(c3ccc(F)cc3)N=C(N)N2)c1OC. The first-order valence-electron chi connectivity index (χ1n) is 7.68. The summed E-state index contributed by atoms with van der Waals surface area (Å²) in [6, 6.07) is 11.8. The van der Waals surface area contributed by atoms with Gasteiger partial charge in [0, 0.05) is 5.56 Å². The quantitative estimate of drug-likeness (QED) is 0.905. The molecule has 0 saturated heterocycles. The van der Waals surface area contributed by atoms with Gasteiger partial charge >= 0.3 is 0 Å². The first kappa shape index (κ1) is 16.1. The number of hydrogen-bond acceptors (Lipinski definition) is 5. The topological polar surface area (TPSA) is 68.9 Å². The third-order valence-corrected chi connectivity index (χ3v) is 4.14. The van der Waals surface area contributed by atoms with E-state index in [0.29, 0.717) is 23.9 Å².